The van der Waals surface area contributed by atoms with Crippen LogP contribution in [0.5, 0.6) is 5.75 Å². The van der Waals surface area contributed by atoms with Gasteiger partial charge < -0.3 is 19.9 Å². The Bertz CT molecular complexity index is 1090. The van der Waals surface area contributed by atoms with Crippen LogP contribution in [0.3, 0.4) is 0 Å². The monoisotopic (exact) mass is 434 g/mol. The Balaban J connectivity index is 1.36. The first-order valence-electron chi connectivity index (χ1n) is 10.3. The summed E-state index contributed by atoms with van der Waals surface area (Å²) in [7, 11) is 0. The molecule has 1 aliphatic rings. The molecular weight excluding hydrogens is 411 g/mol. The molecule has 0 bridgehead atoms. The van der Waals surface area contributed by atoms with Crippen molar-refractivity contribution in [2.45, 2.75) is 0 Å². The van der Waals surface area contributed by atoms with Gasteiger partial charge in [-0.25, -0.2) is 9.37 Å². The third kappa shape index (κ3) is 5.03. The predicted molar refractivity (Wildman–Crippen MR) is 119 cm³/mol. The van der Waals surface area contributed by atoms with Gasteiger partial charge in [-0.05, 0) is 36.4 Å². The summed E-state index contributed by atoms with van der Waals surface area (Å²) in [4.78, 5) is 33.6. The van der Waals surface area contributed by atoms with Gasteiger partial charge in [0.1, 0.15) is 17.4 Å². The van der Waals surface area contributed by atoms with Crippen molar-refractivity contribution in [1.29, 1.82) is 0 Å². The highest BCUT2D eigenvalue weighted by molar-refractivity contribution is 5.97. The number of amides is 2. The quantitative estimate of drug-likeness (QED) is 0.645. The van der Waals surface area contributed by atoms with Crippen molar-refractivity contribution in [3.63, 3.8) is 0 Å². The SMILES string of the molecule is O=C(COc1ccccc1C(=O)N1CCN(c2ccccn2)CC1)Nc1ccccc1F. The van der Waals surface area contributed by atoms with Crippen LogP contribution in [-0.4, -0.2) is 54.5 Å². The summed E-state index contributed by atoms with van der Waals surface area (Å²) in [5, 5.41) is 2.47. The van der Waals surface area contributed by atoms with Gasteiger partial charge in [0.25, 0.3) is 11.8 Å². The lowest BCUT2D eigenvalue weighted by atomic mass is 10.1. The number of carbonyl (C=O) groups is 2. The minimum absolute atomic E-state index is 0.0799. The van der Waals surface area contributed by atoms with Crippen molar-refractivity contribution in [3.05, 3.63) is 84.3 Å². The van der Waals surface area contributed by atoms with E-state index in [2.05, 4.69) is 15.2 Å². The fourth-order valence-electron chi connectivity index (χ4n) is 3.51. The highest BCUT2D eigenvalue weighted by Gasteiger charge is 2.25. The van der Waals surface area contributed by atoms with Crippen LogP contribution in [0.2, 0.25) is 0 Å². The number of benzene rings is 2. The number of halogens is 1. The number of nitrogens with one attached hydrogen (secondary N) is 1. The van der Waals surface area contributed by atoms with E-state index in [9.17, 15) is 14.0 Å². The Labute approximate surface area is 185 Å². The lowest BCUT2D eigenvalue weighted by molar-refractivity contribution is -0.118. The molecule has 2 heterocycles. The molecule has 7 nitrogen and oxygen atoms in total. The maximum Gasteiger partial charge on any atom is 0.262 e. The van der Waals surface area contributed by atoms with Crippen molar-refractivity contribution in [1.82, 2.24) is 9.88 Å². The van der Waals surface area contributed by atoms with E-state index in [-0.39, 0.29) is 18.2 Å². The Hall–Kier alpha value is -3.94. The van der Waals surface area contributed by atoms with Crippen molar-refractivity contribution in [2.75, 3.05) is 43.0 Å². The van der Waals surface area contributed by atoms with Crippen molar-refractivity contribution >= 4 is 23.3 Å². The van der Waals surface area contributed by atoms with Gasteiger partial charge in [0, 0.05) is 32.4 Å². The van der Waals surface area contributed by atoms with E-state index in [1.54, 1.807) is 47.5 Å². The molecule has 164 valence electrons. The van der Waals surface area contributed by atoms with Crippen molar-refractivity contribution in [2.24, 2.45) is 0 Å². The first-order chi connectivity index (χ1) is 15.6. The molecule has 1 aliphatic heterocycles. The van der Waals surface area contributed by atoms with Crippen LogP contribution in [0.25, 0.3) is 0 Å². The van der Waals surface area contributed by atoms with Gasteiger partial charge in [-0.15, -0.1) is 0 Å². The number of anilines is 2. The summed E-state index contributed by atoms with van der Waals surface area (Å²) in [6, 6.07) is 18.5. The number of nitrogens with zero attached hydrogens (tertiary/aromatic N) is 3. The molecule has 0 aliphatic carbocycles. The fourth-order valence-corrected chi connectivity index (χ4v) is 3.51. The second-order valence-corrected chi connectivity index (χ2v) is 7.28. The highest BCUT2D eigenvalue weighted by Crippen LogP contribution is 2.22. The molecule has 1 saturated heterocycles. The largest absolute Gasteiger partial charge is 0.483 e. The smallest absolute Gasteiger partial charge is 0.262 e. The average Bonchev–Trinajstić information content (AvgIpc) is 2.84. The first-order valence-corrected chi connectivity index (χ1v) is 10.3. The second kappa shape index (κ2) is 9.91. The number of hydrogen-bond donors (Lipinski definition) is 1. The summed E-state index contributed by atoms with van der Waals surface area (Å²) in [6.45, 7) is 2.12. The first kappa shape index (κ1) is 21.3. The molecule has 0 unspecified atom stereocenters. The number of ether oxygens (including phenoxy) is 1. The van der Waals surface area contributed by atoms with Gasteiger partial charge in [0.15, 0.2) is 6.61 Å². The summed E-state index contributed by atoms with van der Waals surface area (Å²) >= 11 is 0. The molecule has 2 aromatic carbocycles. The van der Waals surface area contributed by atoms with Gasteiger partial charge in [-0.3, -0.25) is 9.59 Å². The standard InChI is InChI=1S/C24H23FN4O3/c25-19-8-2-3-9-20(19)27-23(30)17-32-21-10-4-1-7-18(21)24(31)29-15-13-28(14-16-29)22-11-5-6-12-26-22/h1-12H,13-17H2,(H,27,30). The molecule has 0 radical (unpaired) electrons. The lowest BCUT2D eigenvalue weighted by Crippen LogP contribution is -2.49. The van der Waals surface area contributed by atoms with E-state index in [1.807, 2.05) is 18.2 Å². The zero-order chi connectivity index (χ0) is 22.3. The molecule has 2 amide bonds. The number of pyridine rings is 1. The molecule has 8 heteroatoms. The highest BCUT2D eigenvalue weighted by atomic mass is 19.1. The third-order valence-corrected chi connectivity index (χ3v) is 5.16. The zero-order valence-corrected chi connectivity index (χ0v) is 17.4. The maximum atomic E-state index is 13.7. The maximum absolute atomic E-state index is 13.7. The van der Waals surface area contributed by atoms with Crippen LogP contribution in [0.4, 0.5) is 15.9 Å². The summed E-state index contributed by atoms with van der Waals surface area (Å²) in [5.41, 5.74) is 0.466. The minimum Gasteiger partial charge on any atom is -0.483 e. The van der Waals surface area contributed by atoms with Crippen molar-refractivity contribution < 1.29 is 18.7 Å². The third-order valence-electron chi connectivity index (χ3n) is 5.16. The molecule has 32 heavy (non-hydrogen) atoms. The number of rotatable bonds is 6. The average molecular weight is 434 g/mol. The second-order valence-electron chi connectivity index (χ2n) is 7.28. The van der Waals surface area contributed by atoms with Crippen molar-refractivity contribution in [3.8, 4) is 5.75 Å². The number of hydrogen-bond acceptors (Lipinski definition) is 5. The molecule has 3 aromatic rings. The fraction of sp³-hybridized carbons (Fsp3) is 0.208. The summed E-state index contributed by atoms with van der Waals surface area (Å²) in [5.74, 6) is 0.0101. The van der Waals surface area contributed by atoms with E-state index in [1.165, 1.54) is 12.1 Å². The predicted octanol–water partition coefficient (Wildman–Crippen LogP) is 3.20. The van der Waals surface area contributed by atoms with E-state index >= 15 is 0 Å². The molecule has 4 rings (SSSR count). The number of carbonyl (C=O) groups excluding carboxylic acids is 2. The lowest BCUT2D eigenvalue weighted by Gasteiger charge is -2.35. The van der Waals surface area contributed by atoms with Gasteiger partial charge >= 0.3 is 0 Å². The number of piperazine rings is 1. The van der Waals surface area contributed by atoms with Gasteiger partial charge in [-0.1, -0.05) is 30.3 Å². The van der Waals surface area contributed by atoms with Crippen LogP contribution in [0.1, 0.15) is 10.4 Å². The molecule has 0 atom stereocenters. The van der Waals surface area contributed by atoms with E-state index in [0.717, 1.165) is 5.82 Å². The molecular formula is C24H23FN4O3. The van der Waals surface area contributed by atoms with Crippen LogP contribution in [0.15, 0.2) is 72.9 Å². The molecule has 0 saturated carbocycles. The van der Waals surface area contributed by atoms with Crippen LogP contribution in [-0.2, 0) is 4.79 Å². The minimum atomic E-state index is -0.527. The Morgan fingerprint density at radius 1 is 0.938 bits per heavy atom. The van der Waals surface area contributed by atoms with Gasteiger partial charge in [-0.2, -0.15) is 0 Å². The van der Waals surface area contributed by atoms with Gasteiger partial charge in [0.05, 0.1) is 11.3 Å². The number of aromatic nitrogens is 1. The normalized spacial score (nSPS) is 13.5. The topological polar surface area (TPSA) is 74.8 Å². The Morgan fingerprint density at radius 3 is 2.41 bits per heavy atom. The Morgan fingerprint density at radius 2 is 1.66 bits per heavy atom. The van der Waals surface area contributed by atoms with Crippen LogP contribution < -0.4 is 15.0 Å². The van der Waals surface area contributed by atoms with E-state index in [4.69, 9.17) is 4.74 Å². The molecule has 1 aromatic heterocycles. The number of para-hydroxylation sites is 2. The van der Waals surface area contributed by atoms with Crippen LogP contribution >= 0.6 is 0 Å². The Kier molecular flexibility index (Phi) is 6.60. The molecule has 1 fully saturated rings. The van der Waals surface area contributed by atoms with Gasteiger partial charge in [0.2, 0.25) is 0 Å². The van der Waals surface area contributed by atoms with E-state index in [0.29, 0.717) is 37.5 Å². The zero-order valence-electron chi connectivity index (χ0n) is 17.4. The van der Waals surface area contributed by atoms with E-state index < -0.39 is 11.7 Å². The summed E-state index contributed by atoms with van der Waals surface area (Å²) < 4.78 is 19.3. The molecule has 1 N–H and O–H groups in total. The summed E-state index contributed by atoms with van der Waals surface area (Å²) in [6.07, 6.45) is 1.75. The van der Waals surface area contributed by atoms with Crippen LogP contribution in [0, 0.1) is 5.82 Å². The molecule has 0 spiro atoms.